The van der Waals surface area contributed by atoms with Crippen LogP contribution in [0.3, 0.4) is 0 Å². The van der Waals surface area contributed by atoms with Crippen LogP contribution in [-0.2, 0) is 26.2 Å². The van der Waals surface area contributed by atoms with Crippen molar-refractivity contribution in [2.24, 2.45) is 0 Å². The van der Waals surface area contributed by atoms with Crippen molar-refractivity contribution in [3.63, 3.8) is 0 Å². The molecule has 40 heavy (non-hydrogen) atoms. The van der Waals surface area contributed by atoms with Crippen LogP contribution in [0.1, 0.15) is 43.4 Å². The molecule has 0 saturated carbocycles. The summed E-state index contributed by atoms with van der Waals surface area (Å²) in [5, 5.41) is 2.89. The topological polar surface area (TPSA) is 96.0 Å². The Morgan fingerprint density at radius 2 is 1.60 bits per heavy atom. The van der Waals surface area contributed by atoms with Crippen LogP contribution in [-0.4, -0.2) is 51.4 Å². The molecule has 0 bridgehead atoms. The molecule has 2 amide bonds. The SMILES string of the molecule is CCCCNC(=O)C(C)N(Cc1ccccc1)C(=O)CN(c1cc(C)ccc1OC)S(=O)(=O)c1ccc(C)cc1. The van der Waals surface area contributed by atoms with Gasteiger partial charge in [0.25, 0.3) is 10.0 Å². The Kier molecular flexibility index (Phi) is 10.7. The highest BCUT2D eigenvalue weighted by Crippen LogP contribution is 2.33. The largest absolute Gasteiger partial charge is 0.495 e. The molecule has 0 fully saturated rings. The second-order valence-corrected chi connectivity index (χ2v) is 11.7. The molecule has 0 aliphatic carbocycles. The minimum atomic E-state index is -4.18. The maximum absolute atomic E-state index is 14.0. The van der Waals surface area contributed by atoms with Gasteiger partial charge in [-0.15, -0.1) is 0 Å². The summed E-state index contributed by atoms with van der Waals surface area (Å²) in [6, 6.07) is 20.1. The number of anilines is 1. The summed E-state index contributed by atoms with van der Waals surface area (Å²) in [4.78, 5) is 28.5. The molecule has 0 aliphatic heterocycles. The maximum Gasteiger partial charge on any atom is 0.264 e. The highest BCUT2D eigenvalue weighted by molar-refractivity contribution is 7.92. The quantitative estimate of drug-likeness (QED) is 0.299. The zero-order chi connectivity index (χ0) is 29.3. The molecule has 9 heteroatoms. The van der Waals surface area contributed by atoms with Gasteiger partial charge in [-0.25, -0.2) is 8.42 Å². The average molecular weight is 566 g/mol. The molecule has 3 rings (SSSR count). The number of aryl methyl sites for hydroxylation is 2. The van der Waals surface area contributed by atoms with E-state index in [2.05, 4.69) is 5.32 Å². The normalized spacial score (nSPS) is 11.9. The lowest BCUT2D eigenvalue weighted by Gasteiger charge is -2.32. The van der Waals surface area contributed by atoms with E-state index in [1.54, 1.807) is 31.2 Å². The maximum atomic E-state index is 14.0. The first-order valence-corrected chi connectivity index (χ1v) is 14.9. The molecular weight excluding hydrogens is 526 g/mol. The first kappa shape index (κ1) is 30.7. The van der Waals surface area contributed by atoms with E-state index < -0.39 is 28.5 Å². The molecular formula is C31H39N3O5S. The number of unbranched alkanes of at least 4 members (excludes halogenated alkanes) is 1. The van der Waals surface area contributed by atoms with Crippen molar-refractivity contribution in [2.75, 3.05) is 24.5 Å². The molecule has 3 aromatic carbocycles. The molecule has 0 aromatic heterocycles. The van der Waals surface area contributed by atoms with E-state index in [9.17, 15) is 18.0 Å². The van der Waals surface area contributed by atoms with Crippen LogP contribution in [0.25, 0.3) is 0 Å². The molecule has 214 valence electrons. The smallest absolute Gasteiger partial charge is 0.264 e. The van der Waals surface area contributed by atoms with Crippen molar-refractivity contribution in [1.29, 1.82) is 0 Å². The lowest BCUT2D eigenvalue weighted by atomic mass is 10.1. The number of nitrogens with one attached hydrogen (secondary N) is 1. The van der Waals surface area contributed by atoms with Gasteiger partial charge in [0, 0.05) is 13.1 Å². The van der Waals surface area contributed by atoms with E-state index >= 15 is 0 Å². The van der Waals surface area contributed by atoms with Gasteiger partial charge < -0.3 is 15.0 Å². The Morgan fingerprint density at radius 1 is 0.950 bits per heavy atom. The van der Waals surface area contributed by atoms with Gasteiger partial charge in [0.1, 0.15) is 18.3 Å². The van der Waals surface area contributed by atoms with Crippen LogP contribution in [0.15, 0.2) is 77.7 Å². The summed E-state index contributed by atoms with van der Waals surface area (Å²) < 4.78 is 34.7. The van der Waals surface area contributed by atoms with Gasteiger partial charge in [-0.1, -0.05) is 67.4 Å². The number of rotatable bonds is 13. The standard InChI is InChI=1S/C31H39N3O5S/c1-6-7-19-32-31(36)25(4)33(21-26-11-9-8-10-12-26)30(35)22-34(28-20-24(3)15-18-29(28)39-5)40(37,38)27-16-13-23(2)14-17-27/h8-18,20,25H,6-7,19,21-22H2,1-5H3,(H,32,36). The number of methoxy groups -OCH3 is 1. The molecule has 1 unspecified atom stereocenters. The molecule has 0 heterocycles. The van der Waals surface area contributed by atoms with Crippen molar-refractivity contribution in [1.82, 2.24) is 10.2 Å². The van der Waals surface area contributed by atoms with E-state index in [-0.39, 0.29) is 23.0 Å². The summed E-state index contributed by atoms with van der Waals surface area (Å²) >= 11 is 0. The predicted molar refractivity (Wildman–Crippen MR) is 158 cm³/mol. The molecule has 1 atom stereocenters. The van der Waals surface area contributed by atoms with Crippen LogP contribution >= 0.6 is 0 Å². The van der Waals surface area contributed by atoms with Gasteiger partial charge in [-0.2, -0.15) is 0 Å². The highest BCUT2D eigenvalue weighted by Gasteiger charge is 2.33. The van der Waals surface area contributed by atoms with Gasteiger partial charge >= 0.3 is 0 Å². The number of carbonyl (C=O) groups is 2. The van der Waals surface area contributed by atoms with Crippen molar-refractivity contribution in [3.8, 4) is 5.75 Å². The number of benzene rings is 3. The van der Waals surface area contributed by atoms with E-state index in [1.807, 2.05) is 57.2 Å². The number of hydrogen-bond donors (Lipinski definition) is 1. The van der Waals surface area contributed by atoms with Gasteiger partial charge in [0.2, 0.25) is 11.8 Å². The van der Waals surface area contributed by atoms with Gasteiger partial charge in [-0.05, 0) is 62.6 Å². The summed E-state index contributed by atoms with van der Waals surface area (Å²) in [6.07, 6.45) is 1.74. The fraction of sp³-hybridized carbons (Fsp3) is 0.355. The Bertz CT molecular complexity index is 1390. The van der Waals surface area contributed by atoms with Crippen LogP contribution in [0, 0.1) is 13.8 Å². The van der Waals surface area contributed by atoms with E-state index in [0.29, 0.717) is 12.3 Å². The molecule has 1 N–H and O–H groups in total. The molecule has 0 saturated heterocycles. The van der Waals surface area contributed by atoms with E-state index in [4.69, 9.17) is 4.74 Å². The van der Waals surface area contributed by atoms with Gasteiger partial charge in [0.15, 0.2) is 0 Å². The fourth-order valence-corrected chi connectivity index (χ4v) is 5.66. The van der Waals surface area contributed by atoms with Crippen LogP contribution in [0.4, 0.5) is 5.69 Å². The average Bonchev–Trinajstić information content (AvgIpc) is 2.95. The molecule has 8 nitrogen and oxygen atoms in total. The number of nitrogens with zero attached hydrogens (tertiary/aromatic N) is 2. The summed E-state index contributed by atoms with van der Waals surface area (Å²) in [6.45, 7) is 7.53. The van der Waals surface area contributed by atoms with Crippen molar-refractivity contribution in [3.05, 3.63) is 89.5 Å². The highest BCUT2D eigenvalue weighted by atomic mass is 32.2. The Labute approximate surface area is 238 Å². The van der Waals surface area contributed by atoms with Crippen LogP contribution in [0.2, 0.25) is 0 Å². The summed E-state index contributed by atoms with van der Waals surface area (Å²) in [5.41, 5.74) is 2.78. The van der Waals surface area contributed by atoms with Crippen molar-refractivity contribution in [2.45, 2.75) is 58.0 Å². The minimum absolute atomic E-state index is 0.0504. The number of carbonyl (C=O) groups excluding carboxylic acids is 2. The third-order valence-electron chi connectivity index (χ3n) is 6.68. The molecule has 0 radical (unpaired) electrons. The minimum Gasteiger partial charge on any atom is -0.495 e. The zero-order valence-corrected chi connectivity index (χ0v) is 24.7. The number of ether oxygens (including phenoxy) is 1. The summed E-state index contributed by atoms with van der Waals surface area (Å²) in [7, 11) is -2.72. The molecule has 0 spiro atoms. The van der Waals surface area contributed by atoms with Gasteiger partial charge in [0.05, 0.1) is 17.7 Å². The number of hydrogen-bond acceptors (Lipinski definition) is 5. The molecule has 0 aliphatic rings. The fourth-order valence-electron chi connectivity index (χ4n) is 4.24. The van der Waals surface area contributed by atoms with Crippen LogP contribution in [0.5, 0.6) is 5.75 Å². The number of amides is 2. The van der Waals surface area contributed by atoms with Crippen LogP contribution < -0.4 is 14.4 Å². The van der Waals surface area contributed by atoms with Gasteiger partial charge in [-0.3, -0.25) is 13.9 Å². The van der Waals surface area contributed by atoms with E-state index in [1.165, 1.54) is 24.1 Å². The number of sulfonamides is 1. The summed E-state index contributed by atoms with van der Waals surface area (Å²) in [5.74, 6) is -0.492. The molecule has 3 aromatic rings. The Balaban J connectivity index is 2.06. The van der Waals surface area contributed by atoms with Crippen molar-refractivity contribution < 1.29 is 22.7 Å². The Morgan fingerprint density at radius 3 is 2.23 bits per heavy atom. The van der Waals surface area contributed by atoms with Crippen molar-refractivity contribution >= 4 is 27.5 Å². The van der Waals surface area contributed by atoms with E-state index in [0.717, 1.165) is 33.8 Å². The Hall–Kier alpha value is -3.85. The third-order valence-corrected chi connectivity index (χ3v) is 8.46. The first-order valence-electron chi connectivity index (χ1n) is 13.4. The lowest BCUT2D eigenvalue weighted by molar-refractivity contribution is -0.139. The second-order valence-electron chi connectivity index (χ2n) is 9.83. The predicted octanol–water partition coefficient (Wildman–Crippen LogP) is 4.84. The monoisotopic (exact) mass is 565 g/mol. The third kappa shape index (κ3) is 7.63. The zero-order valence-electron chi connectivity index (χ0n) is 23.9. The first-order chi connectivity index (χ1) is 19.1. The lowest BCUT2D eigenvalue weighted by Crippen LogP contribution is -2.51. The second kappa shape index (κ2) is 14.0.